The molecule has 0 aliphatic carbocycles. The minimum atomic E-state index is -1.67. The summed E-state index contributed by atoms with van der Waals surface area (Å²) in [4.78, 5) is 13.2. The number of carbonyl (C=O) groups excluding carboxylic acids is 1. The van der Waals surface area contributed by atoms with E-state index in [9.17, 15) is 40.5 Å². The quantitative estimate of drug-likeness (QED) is 0.0215. The second-order valence-corrected chi connectivity index (χ2v) is 24.2. The number of ether oxygens (including phenoxy) is 2. The summed E-state index contributed by atoms with van der Waals surface area (Å²) in [6, 6.07) is -1.19. The molecule has 8 N–H and O–H groups in total. The van der Waals surface area contributed by atoms with Crippen LogP contribution in [0.2, 0.25) is 0 Å². The Hall–Kier alpha value is -1.93. The summed E-state index contributed by atoms with van der Waals surface area (Å²) in [5.74, 6) is -0.707. The minimum Gasteiger partial charge on any atom is -0.394 e. The van der Waals surface area contributed by atoms with Gasteiger partial charge in [0, 0.05) is 0 Å². The predicted octanol–water partition coefficient (Wildman–Crippen LogP) is 16.4. The number of aliphatic hydroxyl groups is 7. The van der Waals surface area contributed by atoms with E-state index in [1.54, 1.807) is 0 Å². The van der Waals surface area contributed by atoms with Crippen molar-refractivity contribution in [3.8, 4) is 0 Å². The number of aliphatic hydroxyl groups excluding tert-OH is 7. The van der Waals surface area contributed by atoms with Crippen LogP contribution in [0.1, 0.15) is 322 Å². The number of allylic oxidation sites excluding steroid dienone is 8. The summed E-state index contributed by atoms with van der Waals surface area (Å²) in [6.45, 7) is 3.47. The fourth-order valence-electron chi connectivity index (χ4n) is 11.0. The van der Waals surface area contributed by atoms with E-state index in [1.807, 2.05) is 0 Å². The largest absolute Gasteiger partial charge is 0.394 e. The first-order valence-corrected chi connectivity index (χ1v) is 34.5. The zero-order chi connectivity index (χ0) is 58.9. The number of hydrogen-bond donors (Lipinski definition) is 8. The average Bonchev–Trinajstić information content (AvgIpc) is 3.49. The highest BCUT2D eigenvalue weighted by Crippen LogP contribution is 2.24. The molecule has 1 fully saturated rings. The fraction of sp³-hybridized carbons (Fsp3) is 0.871. The smallest absolute Gasteiger partial charge is 0.249 e. The van der Waals surface area contributed by atoms with Crippen LogP contribution in [0.25, 0.3) is 0 Å². The van der Waals surface area contributed by atoms with Crippen LogP contribution < -0.4 is 5.32 Å². The van der Waals surface area contributed by atoms with E-state index in [-0.39, 0.29) is 12.8 Å². The van der Waals surface area contributed by atoms with E-state index in [4.69, 9.17) is 9.47 Å². The zero-order valence-electron chi connectivity index (χ0n) is 52.5. The maximum Gasteiger partial charge on any atom is 0.249 e. The van der Waals surface area contributed by atoms with Crippen molar-refractivity contribution < 1.29 is 50.0 Å². The molecule has 9 atom stereocenters. The average molecular weight is 1150 g/mol. The Bertz CT molecular complexity index is 1460. The van der Waals surface area contributed by atoms with Crippen LogP contribution in [-0.4, -0.2) is 110 Å². The highest BCUT2D eigenvalue weighted by Gasteiger charge is 2.44. The Labute approximate surface area is 498 Å². The van der Waals surface area contributed by atoms with Crippen molar-refractivity contribution in [3.63, 3.8) is 0 Å². The van der Waals surface area contributed by atoms with Crippen LogP contribution in [0.4, 0.5) is 0 Å². The van der Waals surface area contributed by atoms with Gasteiger partial charge in [-0.2, -0.15) is 0 Å². The maximum absolute atomic E-state index is 13.2. The first kappa shape index (κ1) is 77.1. The van der Waals surface area contributed by atoms with Crippen molar-refractivity contribution in [1.29, 1.82) is 0 Å². The third-order valence-corrected chi connectivity index (χ3v) is 16.6. The normalized spacial score (nSPS) is 19.4. The third-order valence-electron chi connectivity index (χ3n) is 16.6. The van der Waals surface area contributed by atoms with Crippen molar-refractivity contribution in [2.24, 2.45) is 0 Å². The molecule has 1 saturated heterocycles. The maximum atomic E-state index is 13.2. The first-order valence-electron chi connectivity index (χ1n) is 34.5. The molecule has 0 aromatic heterocycles. The molecular formula is C70H131NO10. The fourth-order valence-corrected chi connectivity index (χ4v) is 11.0. The van der Waals surface area contributed by atoms with Gasteiger partial charge in [0.25, 0.3) is 0 Å². The number of unbranched alkanes of at least 4 members (excludes halogenated alkanes) is 40. The summed E-state index contributed by atoms with van der Waals surface area (Å²) in [7, 11) is 0. The monoisotopic (exact) mass is 1150 g/mol. The molecule has 1 rings (SSSR count). The van der Waals surface area contributed by atoms with E-state index in [2.05, 4.69) is 67.8 Å². The van der Waals surface area contributed by atoms with Crippen molar-refractivity contribution >= 4 is 5.91 Å². The van der Waals surface area contributed by atoms with Crippen molar-refractivity contribution in [3.05, 3.63) is 48.6 Å². The molecule has 1 aliphatic heterocycles. The molecular weight excluding hydrogens is 1010 g/mol. The van der Waals surface area contributed by atoms with Crippen molar-refractivity contribution in [1.82, 2.24) is 5.32 Å². The second kappa shape index (κ2) is 58.5. The molecule has 11 heteroatoms. The van der Waals surface area contributed by atoms with Gasteiger partial charge < -0.3 is 50.5 Å². The molecule has 81 heavy (non-hydrogen) atoms. The van der Waals surface area contributed by atoms with Gasteiger partial charge in [-0.3, -0.25) is 4.79 Å². The van der Waals surface area contributed by atoms with E-state index in [0.717, 1.165) is 44.9 Å². The molecule has 1 aliphatic rings. The third kappa shape index (κ3) is 46.0. The Morgan fingerprint density at radius 1 is 0.432 bits per heavy atom. The van der Waals surface area contributed by atoms with Gasteiger partial charge in [0.05, 0.1) is 25.4 Å². The van der Waals surface area contributed by atoms with Gasteiger partial charge in [-0.15, -0.1) is 0 Å². The van der Waals surface area contributed by atoms with Gasteiger partial charge in [0.2, 0.25) is 5.91 Å². The lowest BCUT2D eigenvalue weighted by molar-refractivity contribution is -0.303. The van der Waals surface area contributed by atoms with Gasteiger partial charge in [-0.05, 0) is 83.5 Å². The molecule has 0 aromatic carbocycles. The summed E-state index contributed by atoms with van der Waals surface area (Å²) in [6.07, 6.45) is 64.8. The van der Waals surface area contributed by atoms with Gasteiger partial charge in [0.1, 0.15) is 36.6 Å². The highest BCUT2D eigenvalue weighted by molar-refractivity contribution is 5.80. The van der Waals surface area contributed by atoms with Crippen LogP contribution in [-0.2, 0) is 14.3 Å². The van der Waals surface area contributed by atoms with E-state index >= 15 is 0 Å². The predicted molar refractivity (Wildman–Crippen MR) is 339 cm³/mol. The Kier molecular flexibility index (Phi) is 55.6. The van der Waals surface area contributed by atoms with Crippen LogP contribution in [0.3, 0.4) is 0 Å². The Balaban J connectivity index is 2.20. The molecule has 0 radical (unpaired) electrons. The Morgan fingerprint density at radius 3 is 1.17 bits per heavy atom. The molecule has 0 spiro atoms. The summed E-state index contributed by atoms with van der Waals surface area (Å²) in [5, 5.41) is 76.4. The summed E-state index contributed by atoms with van der Waals surface area (Å²) < 4.78 is 11.2. The van der Waals surface area contributed by atoms with Crippen molar-refractivity contribution in [2.45, 2.75) is 377 Å². The second-order valence-electron chi connectivity index (χ2n) is 24.2. The number of carbonyl (C=O) groups is 1. The molecule has 9 unspecified atom stereocenters. The van der Waals surface area contributed by atoms with Crippen molar-refractivity contribution in [2.75, 3.05) is 13.2 Å². The Morgan fingerprint density at radius 2 is 0.778 bits per heavy atom. The van der Waals surface area contributed by atoms with Gasteiger partial charge in [-0.25, -0.2) is 0 Å². The van der Waals surface area contributed by atoms with E-state index in [0.29, 0.717) is 19.3 Å². The van der Waals surface area contributed by atoms with E-state index in [1.165, 1.54) is 231 Å². The standard InChI is InChI=1S/C70H131NO10/c1-3-5-7-9-11-13-15-17-19-21-23-25-26-27-28-29-30-31-32-33-34-35-36-37-38-40-42-44-46-48-50-52-54-56-58-63(74)69(79)71-61(60-80-70-68(78)67(77)66(76)64(59-72)81-70)65(75)62(73)57-55-53-51-49-47-45-43-41-39-24-22-20-18-16-14-12-10-8-6-4-2/h26-27,29-30,41,43,49,51,61-68,70,72-78H,3-25,28,31-40,42,44-48,50,52-60H2,1-2H3,(H,71,79)/b27-26-,30-29-,43-41+,51-49+. The van der Waals surface area contributed by atoms with Gasteiger partial charge in [0.15, 0.2) is 6.29 Å². The summed E-state index contributed by atoms with van der Waals surface area (Å²) >= 11 is 0. The number of rotatable bonds is 60. The molecule has 476 valence electrons. The SMILES string of the molecule is CCCCCCCCCCCCC/C=C\C/C=C\CCCCCCCCCCCCCCCCCCC(O)C(=O)NC(COC1OC(CO)C(O)C(O)C1O)C(O)C(O)CCC/C=C/CC/C=C/CCCCCCCCCCCCC. The highest BCUT2D eigenvalue weighted by atomic mass is 16.7. The lowest BCUT2D eigenvalue weighted by atomic mass is 9.98. The van der Waals surface area contributed by atoms with Crippen LogP contribution in [0.5, 0.6) is 0 Å². The topological polar surface area (TPSA) is 189 Å². The lowest BCUT2D eigenvalue weighted by Gasteiger charge is -2.40. The summed E-state index contributed by atoms with van der Waals surface area (Å²) in [5.41, 5.74) is 0. The van der Waals surface area contributed by atoms with Crippen LogP contribution in [0, 0.1) is 0 Å². The molecule has 1 heterocycles. The van der Waals surface area contributed by atoms with Gasteiger partial charge in [-0.1, -0.05) is 287 Å². The number of nitrogens with one attached hydrogen (secondary N) is 1. The molecule has 0 saturated carbocycles. The lowest BCUT2D eigenvalue weighted by Crippen LogP contribution is -2.60. The minimum absolute atomic E-state index is 0.246. The van der Waals surface area contributed by atoms with Gasteiger partial charge >= 0.3 is 0 Å². The number of hydrogen-bond acceptors (Lipinski definition) is 10. The first-order chi connectivity index (χ1) is 39.7. The zero-order valence-corrected chi connectivity index (χ0v) is 52.5. The molecule has 0 aromatic rings. The molecule has 0 bridgehead atoms. The van der Waals surface area contributed by atoms with E-state index < -0.39 is 74.2 Å². The molecule has 1 amide bonds. The number of amides is 1. The van der Waals surface area contributed by atoms with Crippen LogP contribution in [0.15, 0.2) is 48.6 Å². The van der Waals surface area contributed by atoms with Crippen LogP contribution >= 0.6 is 0 Å². The molecule has 11 nitrogen and oxygen atoms in total.